The number of carbonyl (C=O) groups excluding carboxylic acids is 2. The number of ether oxygens (including phenoxy) is 1. The average Bonchev–Trinajstić information content (AvgIpc) is 2.86. The Hall–Kier alpha value is -2.60. The zero-order chi connectivity index (χ0) is 16.3. The Morgan fingerprint density at radius 3 is 2.96 bits per heavy atom. The summed E-state index contributed by atoms with van der Waals surface area (Å²) in [5, 5.41) is 4.63. The summed E-state index contributed by atoms with van der Waals surface area (Å²) in [6, 6.07) is 6.32. The third kappa shape index (κ3) is 1.86. The van der Waals surface area contributed by atoms with Crippen LogP contribution in [0.4, 0.5) is 0 Å². The van der Waals surface area contributed by atoms with Gasteiger partial charge in [0.15, 0.2) is 0 Å². The summed E-state index contributed by atoms with van der Waals surface area (Å²) in [4.78, 5) is 29.2. The molecule has 2 atom stereocenters. The number of rotatable bonds is 0. The van der Waals surface area contributed by atoms with Crippen LogP contribution in [0.25, 0.3) is 10.9 Å². The summed E-state index contributed by atoms with van der Waals surface area (Å²) in [5.41, 5.74) is 2.95. The second-order valence-corrected chi connectivity index (χ2v) is 6.50. The number of esters is 1. The zero-order valence-electron chi connectivity index (χ0n) is 13.0. The highest BCUT2D eigenvalue weighted by atomic mass is 16.7. The van der Waals surface area contributed by atoms with Crippen molar-refractivity contribution < 1.29 is 19.2 Å². The van der Waals surface area contributed by atoms with Crippen molar-refractivity contribution in [3.8, 4) is 5.88 Å². The van der Waals surface area contributed by atoms with Crippen molar-refractivity contribution in [2.45, 2.75) is 31.2 Å². The maximum absolute atomic E-state index is 11.9. The van der Waals surface area contributed by atoms with E-state index >= 15 is 0 Å². The first-order valence-corrected chi connectivity index (χ1v) is 8.24. The van der Waals surface area contributed by atoms with Gasteiger partial charge in [-0.25, -0.2) is 9.59 Å². The molecule has 122 valence electrons. The van der Waals surface area contributed by atoms with Crippen molar-refractivity contribution in [1.29, 1.82) is 0 Å². The van der Waals surface area contributed by atoms with Crippen molar-refractivity contribution >= 4 is 22.8 Å². The molecule has 24 heavy (non-hydrogen) atoms. The van der Waals surface area contributed by atoms with Gasteiger partial charge < -0.3 is 14.9 Å². The van der Waals surface area contributed by atoms with Crippen LogP contribution < -0.4 is 14.9 Å². The van der Waals surface area contributed by atoms with Gasteiger partial charge in [0.25, 0.3) is 0 Å². The molecule has 0 spiro atoms. The molecule has 1 aromatic heterocycles. The highest BCUT2D eigenvalue weighted by Gasteiger charge is 2.37. The lowest BCUT2D eigenvalue weighted by Crippen LogP contribution is -2.43. The lowest BCUT2D eigenvalue weighted by atomic mass is 9.76. The van der Waals surface area contributed by atoms with Crippen LogP contribution in [0.3, 0.4) is 0 Å². The Morgan fingerprint density at radius 1 is 1.17 bits per heavy atom. The fourth-order valence-electron chi connectivity index (χ4n) is 4.23. The van der Waals surface area contributed by atoms with E-state index in [1.165, 1.54) is 10.3 Å². The van der Waals surface area contributed by atoms with E-state index < -0.39 is 11.9 Å². The third-order valence-corrected chi connectivity index (χ3v) is 5.18. The number of benzene rings is 1. The standard InChI is InChI=1S/C18H16N2O4/c21-15-6-7-16(22)24-20-14-5-1-3-11-10-4-2-8-19-13(10)9-12(17(11)14)18(20)23-15/h1,3,5-7,10,13,19H,2,4,8-9H2/b7-6-. The van der Waals surface area contributed by atoms with Crippen LogP contribution in [0.1, 0.15) is 29.9 Å². The van der Waals surface area contributed by atoms with Crippen molar-refractivity contribution in [3.63, 3.8) is 0 Å². The van der Waals surface area contributed by atoms with Crippen molar-refractivity contribution in [1.82, 2.24) is 10.0 Å². The van der Waals surface area contributed by atoms with Gasteiger partial charge in [-0.1, -0.05) is 12.1 Å². The van der Waals surface area contributed by atoms with E-state index in [2.05, 4.69) is 11.4 Å². The van der Waals surface area contributed by atoms with Gasteiger partial charge >= 0.3 is 11.9 Å². The van der Waals surface area contributed by atoms with E-state index in [1.807, 2.05) is 12.1 Å². The molecule has 1 N–H and O–H groups in total. The Morgan fingerprint density at radius 2 is 2.04 bits per heavy atom. The smallest absolute Gasteiger partial charge is 0.356 e. The van der Waals surface area contributed by atoms with Gasteiger partial charge in [-0.15, -0.1) is 4.73 Å². The van der Waals surface area contributed by atoms with Gasteiger partial charge in [-0.05, 0) is 37.4 Å². The first-order valence-electron chi connectivity index (χ1n) is 8.24. The predicted molar refractivity (Wildman–Crippen MR) is 85.8 cm³/mol. The Kier molecular flexibility index (Phi) is 2.84. The number of hydrogen-bond donors (Lipinski definition) is 1. The molecule has 1 fully saturated rings. The molecular formula is C18H16N2O4. The zero-order valence-corrected chi connectivity index (χ0v) is 13.0. The van der Waals surface area contributed by atoms with Gasteiger partial charge in [-0.2, -0.15) is 0 Å². The summed E-state index contributed by atoms with van der Waals surface area (Å²) in [6.45, 7) is 1.00. The number of hydrogen-bond acceptors (Lipinski definition) is 5. The van der Waals surface area contributed by atoms with Crippen molar-refractivity contribution in [3.05, 3.63) is 41.5 Å². The van der Waals surface area contributed by atoms with Crippen LogP contribution in [-0.2, 0) is 16.0 Å². The number of nitrogens with zero attached hydrogens (tertiary/aromatic N) is 1. The van der Waals surface area contributed by atoms with E-state index in [9.17, 15) is 9.59 Å². The topological polar surface area (TPSA) is 69.6 Å². The molecule has 5 rings (SSSR count). The molecule has 0 bridgehead atoms. The number of nitrogens with one attached hydrogen (secondary N) is 1. The predicted octanol–water partition coefficient (Wildman–Crippen LogP) is 1.46. The molecule has 6 nitrogen and oxygen atoms in total. The third-order valence-electron chi connectivity index (χ3n) is 5.18. The second-order valence-electron chi connectivity index (χ2n) is 6.50. The molecule has 1 aliphatic carbocycles. The van der Waals surface area contributed by atoms with Crippen LogP contribution in [0, 0.1) is 0 Å². The van der Waals surface area contributed by atoms with E-state index in [0.29, 0.717) is 17.8 Å². The molecule has 0 saturated carbocycles. The minimum atomic E-state index is -0.587. The normalized spacial score (nSPS) is 26.7. The molecule has 1 saturated heterocycles. The highest BCUT2D eigenvalue weighted by Crippen LogP contribution is 2.45. The van der Waals surface area contributed by atoms with Gasteiger partial charge in [0, 0.05) is 35.1 Å². The fourth-order valence-corrected chi connectivity index (χ4v) is 4.23. The molecule has 6 heteroatoms. The molecule has 0 amide bonds. The van der Waals surface area contributed by atoms with Crippen molar-refractivity contribution in [2.24, 2.45) is 0 Å². The molecule has 3 heterocycles. The number of carbonyl (C=O) groups is 2. The maximum atomic E-state index is 11.9. The van der Waals surface area contributed by atoms with Crippen LogP contribution in [0.5, 0.6) is 5.88 Å². The second kappa shape index (κ2) is 4.95. The summed E-state index contributed by atoms with van der Waals surface area (Å²) < 4.78 is 6.86. The van der Waals surface area contributed by atoms with Crippen LogP contribution in [0.15, 0.2) is 30.4 Å². The van der Waals surface area contributed by atoms with E-state index in [4.69, 9.17) is 9.57 Å². The first kappa shape index (κ1) is 13.8. The Balaban J connectivity index is 1.79. The minimum absolute atomic E-state index is 0.319. The van der Waals surface area contributed by atoms with Gasteiger partial charge in [-0.3, -0.25) is 0 Å². The summed E-state index contributed by atoms with van der Waals surface area (Å²) in [7, 11) is 0. The summed E-state index contributed by atoms with van der Waals surface area (Å²) in [5.74, 6) is -0.386. The van der Waals surface area contributed by atoms with E-state index in [0.717, 1.165) is 54.4 Å². The maximum Gasteiger partial charge on any atom is 0.356 e. The fraction of sp³-hybridized carbons (Fsp3) is 0.333. The highest BCUT2D eigenvalue weighted by molar-refractivity contribution is 5.97. The molecule has 2 aromatic rings. The quantitative estimate of drug-likeness (QED) is 0.743. The van der Waals surface area contributed by atoms with Crippen molar-refractivity contribution in [2.75, 3.05) is 6.54 Å². The van der Waals surface area contributed by atoms with Crippen LogP contribution in [0.2, 0.25) is 0 Å². The van der Waals surface area contributed by atoms with Gasteiger partial charge in [0.05, 0.1) is 5.52 Å². The Bertz CT molecular complexity index is 911. The average molecular weight is 324 g/mol. The number of piperidine rings is 1. The summed E-state index contributed by atoms with van der Waals surface area (Å²) in [6.07, 6.45) is 5.23. The summed E-state index contributed by atoms with van der Waals surface area (Å²) >= 11 is 0. The Labute approximate surface area is 138 Å². The van der Waals surface area contributed by atoms with Gasteiger partial charge in [0.2, 0.25) is 5.88 Å². The minimum Gasteiger partial charge on any atom is -0.403 e. The van der Waals surface area contributed by atoms with Crippen LogP contribution in [-0.4, -0.2) is 29.3 Å². The van der Waals surface area contributed by atoms with E-state index in [-0.39, 0.29) is 0 Å². The molecule has 1 aromatic carbocycles. The lowest BCUT2D eigenvalue weighted by Gasteiger charge is -2.36. The molecule has 0 radical (unpaired) electrons. The van der Waals surface area contributed by atoms with Crippen LogP contribution >= 0.6 is 0 Å². The van der Waals surface area contributed by atoms with Gasteiger partial charge in [0.1, 0.15) is 0 Å². The number of aromatic nitrogens is 1. The molecule has 3 aliphatic rings. The van der Waals surface area contributed by atoms with E-state index in [1.54, 1.807) is 0 Å². The molecular weight excluding hydrogens is 308 g/mol. The molecule has 2 unspecified atom stereocenters. The molecule has 2 aliphatic heterocycles. The SMILES string of the molecule is O=C1/C=C\C(=O)On2c(c3c4c(cccc42)C2CCCNC2C3)O1. The monoisotopic (exact) mass is 324 g/mol. The lowest BCUT2D eigenvalue weighted by molar-refractivity contribution is -0.142. The largest absolute Gasteiger partial charge is 0.403 e. The first-order chi connectivity index (χ1) is 11.7. The number of fused-ring (bicyclic) bond motifs is 5.